The van der Waals surface area contributed by atoms with E-state index >= 15 is 0 Å². The summed E-state index contributed by atoms with van der Waals surface area (Å²) in [7, 11) is -1.54. The Labute approximate surface area is 123 Å². The number of rotatable bonds is 5. The molecule has 0 radical (unpaired) electrons. The van der Waals surface area contributed by atoms with Gasteiger partial charge in [0, 0.05) is 20.1 Å². The van der Waals surface area contributed by atoms with Gasteiger partial charge in [0.15, 0.2) is 11.5 Å². The lowest BCUT2D eigenvalue weighted by Gasteiger charge is -2.17. The van der Waals surface area contributed by atoms with E-state index in [1.54, 1.807) is 11.9 Å². The molecule has 2 rings (SSSR count). The zero-order chi connectivity index (χ0) is 14.9. The largest absolute Gasteiger partial charge is 0.456 e. The third-order valence-corrected chi connectivity index (χ3v) is 3.85. The first-order chi connectivity index (χ1) is 9.28. The highest BCUT2D eigenvalue weighted by atomic mass is 79.9. The van der Waals surface area contributed by atoms with E-state index in [9.17, 15) is 13.2 Å². The van der Waals surface area contributed by atoms with E-state index in [0.717, 1.165) is 6.26 Å². The molecule has 0 amide bonds. The van der Waals surface area contributed by atoms with E-state index in [1.807, 2.05) is 0 Å². The van der Waals surface area contributed by atoms with E-state index in [1.165, 1.54) is 12.3 Å². The number of halogens is 1. The van der Waals surface area contributed by atoms with Crippen molar-refractivity contribution in [2.45, 2.75) is 0 Å². The van der Waals surface area contributed by atoms with Gasteiger partial charge in [0.1, 0.15) is 6.26 Å². The molecule has 0 spiro atoms. The quantitative estimate of drug-likeness (QED) is 0.854. The van der Waals surface area contributed by atoms with Crippen molar-refractivity contribution in [2.24, 2.45) is 0 Å². The minimum atomic E-state index is -3.23. The Morgan fingerprint density at radius 3 is 2.75 bits per heavy atom. The molecule has 0 saturated heterocycles. The average Bonchev–Trinajstić information content (AvgIpc) is 2.70. The fourth-order valence-corrected chi connectivity index (χ4v) is 2.42. The van der Waals surface area contributed by atoms with Crippen LogP contribution in [0.3, 0.4) is 0 Å². The van der Waals surface area contributed by atoms with Crippen LogP contribution in [-0.4, -0.2) is 34.8 Å². The zero-order valence-electron chi connectivity index (χ0n) is 10.8. The number of nitrogens with zero attached hydrogens (tertiary/aromatic N) is 1. The molecular formula is C11H13BrN2O5S. The summed E-state index contributed by atoms with van der Waals surface area (Å²) in [4.78, 5) is 13.5. The molecule has 20 heavy (non-hydrogen) atoms. The van der Waals surface area contributed by atoms with E-state index in [4.69, 9.17) is 8.83 Å². The van der Waals surface area contributed by atoms with Crippen molar-refractivity contribution in [1.29, 1.82) is 0 Å². The molecule has 7 nitrogen and oxygen atoms in total. The van der Waals surface area contributed by atoms with Crippen LogP contribution in [-0.2, 0) is 10.0 Å². The highest BCUT2D eigenvalue weighted by molar-refractivity contribution is 9.10. The molecule has 2 aromatic heterocycles. The maximum Gasteiger partial charge on any atom is 0.230 e. The van der Waals surface area contributed by atoms with Crippen LogP contribution in [0.4, 0.5) is 5.88 Å². The van der Waals surface area contributed by atoms with E-state index in [-0.39, 0.29) is 17.6 Å². The van der Waals surface area contributed by atoms with Gasteiger partial charge in [-0.2, -0.15) is 0 Å². The van der Waals surface area contributed by atoms with Crippen LogP contribution in [0.25, 0.3) is 11.2 Å². The first-order valence-electron chi connectivity index (χ1n) is 5.64. The summed E-state index contributed by atoms with van der Waals surface area (Å²) >= 11 is 3.23. The number of hydrogen-bond acceptors (Lipinski definition) is 6. The van der Waals surface area contributed by atoms with Gasteiger partial charge in [-0.3, -0.25) is 4.79 Å². The maximum absolute atomic E-state index is 11.8. The Morgan fingerprint density at radius 2 is 2.10 bits per heavy atom. The Balaban J connectivity index is 2.20. The van der Waals surface area contributed by atoms with E-state index < -0.39 is 10.0 Å². The Kier molecular flexibility index (Phi) is 4.21. The fourth-order valence-electron chi connectivity index (χ4n) is 1.60. The summed E-state index contributed by atoms with van der Waals surface area (Å²) in [5.41, 5.74) is 0.175. The Hall–Kier alpha value is -1.32. The SMILES string of the molecule is CN(CCNS(C)(=O)=O)c1cc(=O)c2occ(Br)c2o1. The minimum absolute atomic E-state index is 0.142. The number of sulfonamides is 1. The average molecular weight is 365 g/mol. The molecule has 2 heterocycles. The number of hydrogen-bond donors (Lipinski definition) is 1. The van der Waals surface area contributed by atoms with Gasteiger partial charge in [-0.15, -0.1) is 0 Å². The lowest BCUT2D eigenvalue weighted by Crippen LogP contribution is -2.32. The first kappa shape index (κ1) is 15.1. The van der Waals surface area contributed by atoms with Gasteiger partial charge in [0.05, 0.1) is 16.8 Å². The highest BCUT2D eigenvalue weighted by Gasteiger charge is 2.14. The summed E-state index contributed by atoms with van der Waals surface area (Å²) in [5, 5.41) is 0. The van der Waals surface area contributed by atoms with Crippen LogP contribution >= 0.6 is 15.9 Å². The number of nitrogens with one attached hydrogen (secondary N) is 1. The van der Waals surface area contributed by atoms with Crippen molar-refractivity contribution in [3.05, 3.63) is 27.0 Å². The van der Waals surface area contributed by atoms with Gasteiger partial charge in [0.2, 0.25) is 21.0 Å². The van der Waals surface area contributed by atoms with Crippen LogP contribution in [0.5, 0.6) is 0 Å². The van der Waals surface area contributed by atoms with Crippen LogP contribution in [0, 0.1) is 0 Å². The van der Waals surface area contributed by atoms with Gasteiger partial charge < -0.3 is 13.7 Å². The van der Waals surface area contributed by atoms with Gasteiger partial charge in [0.25, 0.3) is 0 Å². The van der Waals surface area contributed by atoms with Crippen LogP contribution in [0.2, 0.25) is 0 Å². The highest BCUT2D eigenvalue weighted by Crippen LogP contribution is 2.26. The molecule has 9 heteroatoms. The Morgan fingerprint density at radius 1 is 1.40 bits per heavy atom. The summed E-state index contributed by atoms with van der Waals surface area (Å²) in [6.45, 7) is 0.570. The third kappa shape index (κ3) is 3.41. The van der Waals surface area contributed by atoms with Crippen molar-refractivity contribution in [2.75, 3.05) is 31.3 Å². The lowest BCUT2D eigenvalue weighted by atomic mass is 10.4. The molecule has 2 aromatic rings. The van der Waals surface area contributed by atoms with Crippen molar-refractivity contribution in [3.63, 3.8) is 0 Å². The summed E-state index contributed by atoms with van der Waals surface area (Å²) in [6, 6.07) is 1.30. The molecule has 0 aromatic carbocycles. The molecule has 0 unspecified atom stereocenters. The zero-order valence-corrected chi connectivity index (χ0v) is 13.2. The van der Waals surface area contributed by atoms with Crippen LogP contribution in [0.15, 0.2) is 30.4 Å². The molecule has 0 saturated carbocycles. The molecule has 0 aliphatic carbocycles. The number of furan rings is 1. The second-order valence-electron chi connectivity index (χ2n) is 4.28. The standard InChI is InChI=1S/C11H13BrN2O5S/c1-14(4-3-13-20(2,16)17)9-5-8(15)11-10(19-9)7(12)6-18-11/h5-6,13H,3-4H2,1-2H3. The molecular weight excluding hydrogens is 352 g/mol. The number of anilines is 1. The summed E-state index contributed by atoms with van der Waals surface area (Å²) in [5.74, 6) is 0.333. The normalized spacial score (nSPS) is 11.9. The maximum atomic E-state index is 11.8. The van der Waals surface area contributed by atoms with Gasteiger partial charge in [-0.05, 0) is 15.9 Å². The molecule has 0 fully saturated rings. The first-order valence-corrected chi connectivity index (χ1v) is 8.33. The van der Waals surface area contributed by atoms with Crippen LogP contribution in [0.1, 0.15) is 0 Å². The topological polar surface area (TPSA) is 92.8 Å². The summed E-state index contributed by atoms with van der Waals surface area (Å²) < 4.78 is 35.5. The van der Waals surface area contributed by atoms with Crippen molar-refractivity contribution < 1.29 is 17.3 Å². The molecule has 0 aliphatic heterocycles. The van der Waals surface area contributed by atoms with E-state index in [2.05, 4.69) is 20.7 Å². The minimum Gasteiger partial charge on any atom is -0.456 e. The second kappa shape index (κ2) is 5.58. The Bertz CT molecular complexity index is 780. The van der Waals surface area contributed by atoms with Crippen molar-refractivity contribution in [1.82, 2.24) is 4.72 Å². The van der Waals surface area contributed by atoms with Crippen molar-refractivity contribution in [3.8, 4) is 0 Å². The van der Waals surface area contributed by atoms with Gasteiger partial charge in [-0.1, -0.05) is 0 Å². The van der Waals surface area contributed by atoms with Gasteiger partial charge >= 0.3 is 0 Å². The fraction of sp³-hybridized carbons (Fsp3) is 0.364. The lowest BCUT2D eigenvalue weighted by molar-refractivity contribution is 0.563. The summed E-state index contributed by atoms with van der Waals surface area (Å²) in [6.07, 6.45) is 2.46. The van der Waals surface area contributed by atoms with Gasteiger partial charge in [-0.25, -0.2) is 13.1 Å². The predicted octanol–water partition coefficient (Wildman–Crippen LogP) is 1.13. The smallest absolute Gasteiger partial charge is 0.230 e. The van der Waals surface area contributed by atoms with E-state index in [0.29, 0.717) is 22.5 Å². The third-order valence-electron chi connectivity index (χ3n) is 2.58. The predicted molar refractivity (Wildman–Crippen MR) is 78.6 cm³/mol. The van der Waals surface area contributed by atoms with Crippen LogP contribution < -0.4 is 15.1 Å². The molecule has 0 atom stereocenters. The molecule has 110 valence electrons. The number of fused-ring (bicyclic) bond motifs is 1. The molecule has 1 N–H and O–H groups in total. The second-order valence-corrected chi connectivity index (χ2v) is 6.97. The molecule has 0 bridgehead atoms. The molecule has 0 aliphatic rings. The number of likely N-dealkylation sites (N-methyl/N-ethyl adjacent to an activating group) is 1. The van der Waals surface area contributed by atoms with Crippen molar-refractivity contribution >= 4 is 43.0 Å². The monoisotopic (exact) mass is 364 g/mol.